The zero-order valence-corrected chi connectivity index (χ0v) is 11.8. The molecule has 0 aliphatic carbocycles. The van der Waals surface area contributed by atoms with E-state index in [9.17, 15) is 4.79 Å². The second-order valence-electron chi connectivity index (χ2n) is 4.08. The molecule has 0 bridgehead atoms. The van der Waals surface area contributed by atoms with Crippen molar-refractivity contribution in [3.63, 3.8) is 0 Å². The van der Waals surface area contributed by atoms with Crippen molar-refractivity contribution in [2.75, 3.05) is 7.11 Å². The SMILES string of the molecule is CCCC[C@](N)(C(=O)OC)c1cccc(Br)c1. The Balaban J connectivity index is 3.09. The van der Waals surface area contributed by atoms with Crippen LogP contribution in [0.3, 0.4) is 0 Å². The predicted molar refractivity (Wildman–Crippen MR) is 71.5 cm³/mol. The molecular weight excluding hydrogens is 282 g/mol. The molecule has 0 spiro atoms. The van der Waals surface area contributed by atoms with Crippen LogP contribution >= 0.6 is 15.9 Å². The molecule has 4 heteroatoms. The maximum Gasteiger partial charge on any atom is 0.330 e. The minimum atomic E-state index is -1.05. The number of halogens is 1. The summed E-state index contributed by atoms with van der Waals surface area (Å²) in [5, 5.41) is 0. The first-order valence-corrected chi connectivity index (χ1v) is 6.47. The van der Waals surface area contributed by atoms with Gasteiger partial charge in [0, 0.05) is 4.47 Å². The first-order valence-electron chi connectivity index (χ1n) is 5.68. The number of methoxy groups -OCH3 is 1. The summed E-state index contributed by atoms with van der Waals surface area (Å²) < 4.78 is 5.74. The van der Waals surface area contributed by atoms with Gasteiger partial charge >= 0.3 is 5.97 Å². The number of carbonyl (C=O) groups excluding carboxylic acids is 1. The van der Waals surface area contributed by atoms with Gasteiger partial charge in [0.15, 0.2) is 0 Å². The van der Waals surface area contributed by atoms with Crippen molar-refractivity contribution in [1.82, 2.24) is 0 Å². The number of rotatable bonds is 5. The number of hydrogen-bond donors (Lipinski definition) is 1. The van der Waals surface area contributed by atoms with E-state index < -0.39 is 5.54 Å². The topological polar surface area (TPSA) is 52.3 Å². The molecule has 0 radical (unpaired) electrons. The summed E-state index contributed by atoms with van der Waals surface area (Å²) in [6, 6.07) is 7.50. The Kier molecular flexibility index (Phi) is 5.15. The zero-order chi connectivity index (χ0) is 12.9. The standard InChI is InChI=1S/C13H18BrNO2/c1-3-4-8-13(15,12(16)17-2)10-6-5-7-11(14)9-10/h5-7,9H,3-4,8,15H2,1-2H3/t13-/m1/s1. The van der Waals surface area contributed by atoms with Gasteiger partial charge in [-0.15, -0.1) is 0 Å². The Morgan fingerprint density at radius 3 is 2.76 bits per heavy atom. The van der Waals surface area contributed by atoms with E-state index in [1.807, 2.05) is 24.3 Å². The van der Waals surface area contributed by atoms with Crippen molar-refractivity contribution in [2.24, 2.45) is 5.73 Å². The summed E-state index contributed by atoms with van der Waals surface area (Å²) >= 11 is 3.39. The molecule has 1 atom stereocenters. The molecule has 17 heavy (non-hydrogen) atoms. The summed E-state index contributed by atoms with van der Waals surface area (Å²) in [5.41, 5.74) is 5.97. The van der Waals surface area contributed by atoms with E-state index in [4.69, 9.17) is 10.5 Å². The highest BCUT2D eigenvalue weighted by Crippen LogP contribution is 2.28. The minimum absolute atomic E-state index is 0.385. The van der Waals surface area contributed by atoms with E-state index in [2.05, 4.69) is 22.9 Å². The van der Waals surface area contributed by atoms with Crippen LogP contribution in [0.15, 0.2) is 28.7 Å². The molecule has 0 aromatic heterocycles. The lowest BCUT2D eigenvalue weighted by Gasteiger charge is -2.27. The minimum Gasteiger partial charge on any atom is -0.467 e. The maximum absolute atomic E-state index is 11.9. The van der Waals surface area contributed by atoms with E-state index >= 15 is 0 Å². The van der Waals surface area contributed by atoms with Gasteiger partial charge in [-0.05, 0) is 24.1 Å². The number of ether oxygens (including phenoxy) is 1. The maximum atomic E-state index is 11.9. The number of unbranched alkanes of at least 4 members (excludes halogenated alkanes) is 1. The third-order valence-corrected chi connectivity index (χ3v) is 3.31. The Bertz CT molecular complexity index is 395. The highest BCUT2D eigenvalue weighted by atomic mass is 79.9. The molecule has 2 N–H and O–H groups in total. The van der Waals surface area contributed by atoms with Gasteiger partial charge in [-0.3, -0.25) is 0 Å². The van der Waals surface area contributed by atoms with Crippen LogP contribution in [0.25, 0.3) is 0 Å². The smallest absolute Gasteiger partial charge is 0.330 e. The highest BCUT2D eigenvalue weighted by Gasteiger charge is 2.36. The fourth-order valence-electron chi connectivity index (χ4n) is 1.77. The average Bonchev–Trinajstić information content (AvgIpc) is 2.34. The summed E-state index contributed by atoms with van der Waals surface area (Å²) in [4.78, 5) is 11.9. The molecule has 0 saturated heterocycles. The molecule has 94 valence electrons. The van der Waals surface area contributed by atoms with E-state index in [-0.39, 0.29) is 5.97 Å². The van der Waals surface area contributed by atoms with E-state index in [1.165, 1.54) is 7.11 Å². The summed E-state index contributed by atoms with van der Waals surface area (Å²) in [7, 11) is 1.37. The van der Waals surface area contributed by atoms with Crippen molar-refractivity contribution < 1.29 is 9.53 Å². The van der Waals surface area contributed by atoms with Crippen molar-refractivity contribution in [2.45, 2.75) is 31.7 Å². The van der Waals surface area contributed by atoms with Crippen molar-refractivity contribution in [1.29, 1.82) is 0 Å². The first-order chi connectivity index (χ1) is 8.04. The van der Waals surface area contributed by atoms with Crippen molar-refractivity contribution in [3.05, 3.63) is 34.3 Å². The van der Waals surface area contributed by atoms with E-state index in [0.29, 0.717) is 6.42 Å². The van der Waals surface area contributed by atoms with Crippen LogP contribution in [0.1, 0.15) is 31.7 Å². The predicted octanol–water partition coefficient (Wildman–Crippen LogP) is 2.97. The Hall–Kier alpha value is -0.870. The fourth-order valence-corrected chi connectivity index (χ4v) is 2.17. The molecule has 0 heterocycles. The third-order valence-electron chi connectivity index (χ3n) is 2.81. The van der Waals surface area contributed by atoms with Gasteiger partial charge in [-0.2, -0.15) is 0 Å². The Morgan fingerprint density at radius 2 is 2.24 bits per heavy atom. The van der Waals surface area contributed by atoms with Crippen LogP contribution in [-0.2, 0) is 15.1 Å². The van der Waals surface area contributed by atoms with Gasteiger partial charge in [0.2, 0.25) is 0 Å². The van der Waals surface area contributed by atoms with Crippen molar-refractivity contribution in [3.8, 4) is 0 Å². The van der Waals surface area contributed by atoms with Gasteiger partial charge < -0.3 is 10.5 Å². The summed E-state index contributed by atoms with van der Waals surface area (Å²) in [5.74, 6) is -0.385. The van der Waals surface area contributed by atoms with Gasteiger partial charge in [0.25, 0.3) is 0 Å². The Morgan fingerprint density at radius 1 is 1.53 bits per heavy atom. The monoisotopic (exact) mass is 299 g/mol. The molecule has 0 fully saturated rings. The quantitative estimate of drug-likeness (QED) is 0.851. The van der Waals surface area contributed by atoms with Crippen LogP contribution in [0, 0.1) is 0 Å². The van der Waals surface area contributed by atoms with Crippen molar-refractivity contribution >= 4 is 21.9 Å². The lowest BCUT2D eigenvalue weighted by Crippen LogP contribution is -2.45. The zero-order valence-electron chi connectivity index (χ0n) is 10.2. The average molecular weight is 300 g/mol. The molecule has 1 aromatic carbocycles. The molecule has 0 saturated carbocycles. The molecular formula is C13H18BrNO2. The van der Waals surface area contributed by atoms with Gasteiger partial charge in [-0.1, -0.05) is 47.8 Å². The van der Waals surface area contributed by atoms with Crippen LogP contribution in [-0.4, -0.2) is 13.1 Å². The number of carbonyl (C=O) groups is 1. The molecule has 0 aliphatic heterocycles. The van der Waals surface area contributed by atoms with Crippen LogP contribution < -0.4 is 5.73 Å². The largest absolute Gasteiger partial charge is 0.467 e. The van der Waals surface area contributed by atoms with Gasteiger partial charge in [0.1, 0.15) is 5.54 Å². The number of hydrogen-bond acceptors (Lipinski definition) is 3. The molecule has 0 aliphatic rings. The lowest BCUT2D eigenvalue weighted by molar-refractivity contribution is -0.147. The first kappa shape index (κ1) is 14.2. The number of benzene rings is 1. The summed E-state index contributed by atoms with van der Waals surface area (Å²) in [6.07, 6.45) is 2.47. The third kappa shape index (κ3) is 3.30. The molecule has 1 rings (SSSR count). The molecule has 1 aromatic rings. The van der Waals surface area contributed by atoms with E-state index in [1.54, 1.807) is 0 Å². The highest BCUT2D eigenvalue weighted by molar-refractivity contribution is 9.10. The number of nitrogens with two attached hydrogens (primary N) is 1. The van der Waals surface area contributed by atoms with Crippen LogP contribution in [0.2, 0.25) is 0 Å². The van der Waals surface area contributed by atoms with E-state index in [0.717, 1.165) is 22.9 Å². The Labute approximate surface area is 110 Å². The van der Waals surface area contributed by atoms with Crippen LogP contribution in [0.4, 0.5) is 0 Å². The number of esters is 1. The molecule has 0 unspecified atom stereocenters. The molecule has 3 nitrogen and oxygen atoms in total. The second kappa shape index (κ2) is 6.17. The van der Waals surface area contributed by atoms with Gasteiger partial charge in [-0.25, -0.2) is 4.79 Å². The lowest BCUT2D eigenvalue weighted by atomic mass is 9.86. The van der Waals surface area contributed by atoms with Crippen LogP contribution in [0.5, 0.6) is 0 Å². The second-order valence-corrected chi connectivity index (χ2v) is 4.99. The fraction of sp³-hybridized carbons (Fsp3) is 0.462. The molecule has 0 amide bonds. The normalized spacial score (nSPS) is 14.1. The summed E-state index contributed by atoms with van der Waals surface area (Å²) in [6.45, 7) is 2.07. The van der Waals surface area contributed by atoms with Gasteiger partial charge in [0.05, 0.1) is 7.11 Å².